The Bertz CT molecular complexity index is 993. The van der Waals surface area contributed by atoms with Crippen LogP contribution in [0.15, 0.2) is 30.6 Å². The Kier molecular flexibility index (Phi) is 5.31. The largest absolute Gasteiger partial charge is 0.355 e. The van der Waals surface area contributed by atoms with Gasteiger partial charge in [0.2, 0.25) is 5.91 Å². The Morgan fingerprint density at radius 2 is 2.00 bits per heavy atom. The summed E-state index contributed by atoms with van der Waals surface area (Å²) < 4.78 is 0. The molecule has 0 radical (unpaired) electrons. The average molecular weight is 395 g/mol. The van der Waals surface area contributed by atoms with Crippen molar-refractivity contribution in [1.82, 2.24) is 9.97 Å². The summed E-state index contributed by atoms with van der Waals surface area (Å²) in [4.78, 5) is 26.5. The molecule has 1 aromatic carbocycles. The Morgan fingerprint density at radius 3 is 2.75 bits per heavy atom. The van der Waals surface area contributed by atoms with Crippen LogP contribution in [0.1, 0.15) is 35.8 Å². The fraction of sp³-hybridized carbons (Fsp3) is 0.409. The third-order valence-corrected chi connectivity index (χ3v) is 6.48. The first-order valence-electron chi connectivity index (χ1n) is 9.91. The zero-order chi connectivity index (χ0) is 19.7. The second kappa shape index (κ2) is 7.87. The van der Waals surface area contributed by atoms with Crippen molar-refractivity contribution in [3.05, 3.63) is 46.6 Å². The average Bonchev–Trinajstić information content (AvgIpc) is 3.10. The van der Waals surface area contributed by atoms with Gasteiger partial charge in [-0.25, -0.2) is 9.97 Å². The second-order valence-electron chi connectivity index (χ2n) is 7.63. The van der Waals surface area contributed by atoms with E-state index in [4.69, 9.17) is 0 Å². The zero-order valence-corrected chi connectivity index (χ0v) is 17.5. The Labute approximate surface area is 169 Å². The van der Waals surface area contributed by atoms with E-state index in [0.717, 1.165) is 58.7 Å². The van der Waals surface area contributed by atoms with E-state index in [1.165, 1.54) is 4.88 Å². The molecular weight excluding hydrogens is 368 g/mol. The number of carbonyl (C=O) groups excluding carboxylic acids is 1. The number of aryl methyl sites for hydroxylation is 3. The van der Waals surface area contributed by atoms with E-state index in [1.54, 1.807) is 17.7 Å². The van der Waals surface area contributed by atoms with Crippen LogP contribution < -0.4 is 10.2 Å². The SMILES string of the molecule is CCc1cc2c(N3CCC[C@H](C(=O)Nc4cc(C)cc(C)c4)C3)ncnc2s1. The number of thiophene rings is 1. The molecule has 2 aromatic heterocycles. The lowest BCUT2D eigenvalue weighted by Crippen LogP contribution is -2.41. The van der Waals surface area contributed by atoms with Gasteiger partial charge in [-0.2, -0.15) is 0 Å². The minimum Gasteiger partial charge on any atom is -0.355 e. The molecule has 0 unspecified atom stereocenters. The Balaban J connectivity index is 1.53. The molecule has 1 atom stereocenters. The summed E-state index contributed by atoms with van der Waals surface area (Å²) in [6.45, 7) is 7.89. The highest BCUT2D eigenvalue weighted by atomic mass is 32.1. The topological polar surface area (TPSA) is 58.1 Å². The lowest BCUT2D eigenvalue weighted by Gasteiger charge is -2.33. The van der Waals surface area contributed by atoms with Gasteiger partial charge in [-0.05, 0) is 62.4 Å². The molecule has 1 aliphatic heterocycles. The smallest absolute Gasteiger partial charge is 0.229 e. The zero-order valence-electron chi connectivity index (χ0n) is 16.7. The minimum absolute atomic E-state index is 0.0381. The van der Waals surface area contributed by atoms with E-state index >= 15 is 0 Å². The quantitative estimate of drug-likeness (QED) is 0.695. The van der Waals surface area contributed by atoms with Gasteiger partial charge in [0.05, 0.1) is 11.3 Å². The lowest BCUT2D eigenvalue weighted by molar-refractivity contribution is -0.120. The first-order chi connectivity index (χ1) is 13.5. The van der Waals surface area contributed by atoms with E-state index in [0.29, 0.717) is 6.54 Å². The van der Waals surface area contributed by atoms with E-state index in [-0.39, 0.29) is 11.8 Å². The van der Waals surface area contributed by atoms with Gasteiger partial charge in [0, 0.05) is 23.7 Å². The highest BCUT2D eigenvalue weighted by Crippen LogP contribution is 2.32. The van der Waals surface area contributed by atoms with Crippen LogP contribution in [0.2, 0.25) is 0 Å². The molecule has 146 valence electrons. The first kappa shape index (κ1) is 18.9. The van der Waals surface area contributed by atoms with Crippen molar-refractivity contribution in [2.24, 2.45) is 5.92 Å². The van der Waals surface area contributed by atoms with Gasteiger partial charge >= 0.3 is 0 Å². The maximum Gasteiger partial charge on any atom is 0.229 e. The molecule has 3 aromatic rings. The number of hydrogen-bond acceptors (Lipinski definition) is 5. The van der Waals surface area contributed by atoms with Crippen molar-refractivity contribution < 1.29 is 4.79 Å². The van der Waals surface area contributed by atoms with Crippen molar-refractivity contribution in [3.8, 4) is 0 Å². The minimum atomic E-state index is -0.0381. The number of anilines is 2. The summed E-state index contributed by atoms with van der Waals surface area (Å²) in [6.07, 6.45) is 4.54. The van der Waals surface area contributed by atoms with Crippen LogP contribution in [0, 0.1) is 19.8 Å². The summed E-state index contributed by atoms with van der Waals surface area (Å²) in [6, 6.07) is 8.37. The van der Waals surface area contributed by atoms with Crippen molar-refractivity contribution >= 4 is 39.0 Å². The predicted octanol–water partition coefficient (Wildman–Crippen LogP) is 4.73. The normalized spacial score (nSPS) is 17.1. The van der Waals surface area contributed by atoms with Gasteiger partial charge in [0.15, 0.2) is 0 Å². The summed E-state index contributed by atoms with van der Waals surface area (Å²) >= 11 is 1.73. The van der Waals surface area contributed by atoms with Crippen LogP contribution in [-0.4, -0.2) is 29.0 Å². The van der Waals surface area contributed by atoms with Crippen molar-refractivity contribution in [3.63, 3.8) is 0 Å². The van der Waals surface area contributed by atoms with E-state index in [1.807, 2.05) is 12.1 Å². The fourth-order valence-electron chi connectivity index (χ4n) is 3.99. The first-order valence-corrected chi connectivity index (χ1v) is 10.7. The molecule has 0 spiro atoms. The van der Waals surface area contributed by atoms with Crippen LogP contribution >= 0.6 is 11.3 Å². The van der Waals surface area contributed by atoms with Gasteiger partial charge in [0.25, 0.3) is 0 Å². The number of piperidine rings is 1. The second-order valence-corrected chi connectivity index (χ2v) is 8.75. The number of nitrogens with zero attached hydrogens (tertiary/aromatic N) is 3. The number of hydrogen-bond donors (Lipinski definition) is 1. The number of rotatable bonds is 4. The highest BCUT2D eigenvalue weighted by Gasteiger charge is 2.28. The van der Waals surface area contributed by atoms with Crippen LogP contribution in [0.25, 0.3) is 10.2 Å². The summed E-state index contributed by atoms with van der Waals surface area (Å²) in [5, 5.41) is 4.23. The van der Waals surface area contributed by atoms with Gasteiger partial charge < -0.3 is 10.2 Å². The van der Waals surface area contributed by atoms with Crippen molar-refractivity contribution in [2.45, 2.75) is 40.0 Å². The molecule has 1 amide bonds. The summed E-state index contributed by atoms with van der Waals surface area (Å²) in [5.41, 5.74) is 3.20. The van der Waals surface area contributed by atoms with E-state index in [2.05, 4.69) is 53.1 Å². The van der Waals surface area contributed by atoms with Crippen LogP contribution in [-0.2, 0) is 11.2 Å². The number of carbonyl (C=O) groups is 1. The maximum absolute atomic E-state index is 12.9. The number of nitrogens with one attached hydrogen (secondary N) is 1. The lowest BCUT2D eigenvalue weighted by atomic mass is 9.96. The molecule has 1 aliphatic rings. The standard InChI is InChI=1S/C22H26N4OS/c1-4-18-11-19-20(23-13-24-22(19)28-18)26-7-5-6-16(12-26)21(27)25-17-9-14(2)8-15(3)10-17/h8-11,13,16H,4-7,12H2,1-3H3,(H,25,27)/t16-/m0/s1. The third-order valence-electron chi connectivity index (χ3n) is 5.29. The Morgan fingerprint density at radius 1 is 1.21 bits per heavy atom. The number of benzene rings is 1. The highest BCUT2D eigenvalue weighted by molar-refractivity contribution is 7.18. The Hall–Kier alpha value is -2.47. The number of aromatic nitrogens is 2. The van der Waals surface area contributed by atoms with E-state index in [9.17, 15) is 4.79 Å². The molecule has 28 heavy (non-hydrogen) atoms. The van der Waals surface area contributed by atoms with Crippen molar-refractivity contribution in [1.29, 1.82) is 0 Å². The van der Waals surface area contributed by atoms with Gasteiger partial charge in [-0.1, -0.05) is 13.0 Å². The molecule has 1 fully saturated rings. The predicted molar refractivity (Wildman–Crippen MR) is 116 cm³/mol. The van der Waals surface area contributed by atoms with Crippen LogP contribution in [0.3, 0.4) is 0 Å². The molecule has 6 heteroatoms. The molecule has 1 N–H and O–H groups in total. The maximum atomic E-state index is 12.9. The summed E-state index contributed by atoms with van der Waals surface area (Å²) in [7, 11) is 0. The number of amides is 1. The monoisotopic (exact) mass is 394 g/mol. The molecule has 0 aliphatic carbocycles. The molecule has 0 bridgehead atoms. The third kappa shape index (κ3) is 3.87. The van der Waals surface area contributed by atoms with Gasteiger partial charge in [0.1, 0.15) is 17.0 Å². The molecule has 1 saturated heterocycles. The molecule has 5 nitrogen and oxygen atoms in total. The summed E-state index contributed by atoms with van der Waals surface area (Å²) in [5.74, 6) is 1.02. The molecule has 4 rings (SSSR count). The van der Waals surface area contributed by atoms with E-state index < -0.39 is 0 Å². The van der Waals surface area contributed by atoms with Gasteiger partial charge in [-0.3, -0.25) is 4.79 Å². The number of fused-ring (bicyclic) bond motifs is 1. The van der Waals surface area contributed by atoms with Crippen molar-refractivity contribution in [2.75, 3.05) is 23.3 Å². The van der Waals surface area contributed by atoms with Gasteiger partial charge in [-0.15, -0.1) is 11.3 Å². The molecular formula is C22H26N4OS. The van der Waals surface area contributed by atoms with Crippen LogP contribution in [0.4, 0.5) is 11.5 Å². The fourth-order valence-corrected chi connectivity index (χ4v) is 4.92. The molecule has 0 saturated carbocycles. The molecule has 3 heterocycles. The van der Waals surface area contributed by atoms with Crippen LogP contribution in [0.5, 0.6) is 0 Å².